The monoisotopic (exact) mass is 227 g/mol. The molecule has 0 radical (unpaired) electrons. The predicted molar refractivity (Wildman–Crippen MR) is 64.4 cm³/mol. The molecule has 1 unspecified atom stereocenters. The molecule has 0 spiro atoms. The summed E-state index contributed by atoms with van der Waals surface area (Å²) in [5.41, 5.74) is 0. The first-order valence-electron chi connectivity index (χ1n) is 6.78. The average Bonchev–Trinajstić information content (AvgIpc) is 2.83. The Kier molecular flexibility index (Phi) is 5.07. The number of likely N-dealkylation sites (tertiary alicyclic amines) is 1. The molecule has 1 atom stereocenters. The lowest BCUT2D eigenvalue weighted by atomic mass is 9.98. The molecule has 16 heavy (non-hydrogen) atoms. The Balaban J connectivity index is 1.80. The van der Waals surface area contributed by atoms with Crippen molar-refractivity contribution in [2.24, 2.45) is 0 Å². The average molecular weight is 227 g/mol. The predicted octanol–water partition coefficient (Wildman–Crippen LogP) is 2.40. The fourth-order valence-electron chi connectivity index (χ4n) is 2.83. The Morgan fingerprint density at radius 2 is 1.75 bits per heavy atom. The van der Waals surface area contributed by atoms with Gasteiger partial charge in [0.05, 0.1) is 12.7 Å². The molecule has 0 aromatic heterocycles. The van der Waals surface area contributed by atoms with Crippen LogP contribution in [0.1, 0.15) is 44.9 Å². The van der Waals surface area contributed by atoms with Crippen LogP contribution in [0.4, 0.5) is 0 Å². The second kappa shape index (κ2) is 6.58. The molecule has 1 heterocycles. The van der Waals surface area contributed by atoms with Crippen molar-refractivity contribution in [2.45, 2.75) is 57.3 Å². The van der Waals surface area contributed by atoms with Gasteiger partial charge in [-0.2, -0.15) is 0 Å². The zero-order valence-corrected chi connectivity index (χ0v) is 10.5. The van der Waals surface area contributed by atoms with Crippen LogP contribution < -0.4 is 0 Å². The van der Waals surface area contributed by atoms with Crippen LogP contribution in [0.3, 0.4) is 0 Å². The lowest BCUT2D eigenvalue weighted by molar-refractivity contribution is -0.128. The van der Waals surface area contributed by atoms with Crippen LogP contribution >= 0.6 is 0 Å². The van der Waals surface area contributed by atoms with Crippen LogP contribution in [-0.2, 0) is 9.47 Å². The lowest BCUT2D eigenvalue weighted by Gasteiger charge is -2.32. The van der Waals surface area contributed by atoms with Gasteiger partial charge in [0.2, 0.25) is 0 Å². The number of ether oxygens (including phenoxy) is 2. The summed E-state index contributed by atoms with van der Waals surface area (Å²) < 4.78 is 11.5. The van der Waals surface area contributed by atoms with Gasteiger partial charge in [-0.15, -0.1) is 0 Å². The minimum absolute atomic E-state index is 0.204. The third-order valence-electron chi connectivity index (χ3n) is 3.76. The lowest BCUT2D eigenvalue weighted by Crippen LogP contribution is -2.41. The molecule has 1 saturated carbocycles. The molecule has 94 valence electrons. The van der Waals surface area contributed by atoms with Crippen LogP contribution in [-0.4, -0.2) is 44.0 Å². The minimum atomic E-state index is 0.204. The maximum Gasteiger partial charge on any atom is 0.134 e. The Morgan fingerprint density at radius 3 is 2.38 bits per heavy atom. The van der Waals surface area contributed by atoms with Gasteiger partial charge < -0.3 is 9.47 Å². The molecule has 0 bridgehead atoms. The zero-order valence-electron chi connectivity index (χ0n) is 10.5. The quantitative estimate of drug-likeness (QED) is 0.720. The van der Waals surface area contributed by atoms with E-state index in [4.69, 9.17) is 9.47 Å². The summed E-state index contributed by atoms with van der Waals surface area (Å²) in [4.78, 5) is 2.44. The minimum Gasteiger partial charge on any atom is -0.381 e. The molecule has 2 rings (SSSR count). The van der Waals surface area contributed by atoms with Crippen LogP contribution in [0.2, 0.25) is 0 Å². The van der Waals surface area contributed by atoms with E-state index in [0.29, 0.717) is 6.10 Å². The first-order chi connectivity index (χ1) is 7.90. The van der Waals surface area contributed by atoms with Gasteiger partial charge in [0.25, 0.3) is 0 Å². The molecule has 0 aromatic carbocycles. The van der Waals surface area contributed by atoms with Crippen LogP contribution in [0.15, 0.2) is 0 Å². The van der Waals surface area contributed by atoms with Gasteiger partial charge in [-0.1, -0.05) is 19.3 Å². The van der Waals surface area contributed by atoms with Crippen molar-refractivity contribution >= 4 is 0 Å². The molecule has 2 fully saturated rings. The molecule has 1 aliphatic heterocycles. The van der Waals surface area contributed by atoms with Gasteiger partial charge in [-0.25, -0.2) is 0 Å². The molecule has 2 aliphatic rings. The molecule has 1 saturated heterocycles. The standard InChI is InChI=1S/C13H25NO2/c1-15-11-13(14-9-5-6-10-14)16-12-7-3-2-4-8-12/h12-13H,2-11H2,1H3. The molecule has 3 heteroatoms. The van der Waals surface area contributed by atoms with Crippen LogP contribution in [0.25, 0.3) is 0 Å². The first kappa shape index (κ1) is 12.3. The smallest absolute Gasteiger partial charge is 0.134 e. The van der Waals surface area contributed by atoms with Gasteiger partial charge in [-0.05, 0) is 25.7 Å². The second-order valence-electron chi connectivity index (χ2n) is 5.05. The fourth-order valence-corrected chi connectivity index (χ4v) is 2.83. The summed E-state index contributed by atoms with van der Waals surface area (Å²) in [5, 5.41) is 0. The van der Waals surface area contributed by atoms with Gasteiger partial charge in [0, 0.05) is 20.2 Å². The first-order valence-corrected chi connectivity index (χ1v) is 6.78. The van der Waals surface area contributed by atoms with Crippen molar-refractivity contribution < 1.29 is 9.47 Å². The van der Waals surface area contributed by atoms with E-state index in [1.54, 1.807) is 7.11 Å². The fraction of sp³-hybridized carbons (Fsp3) is 1.00. The summed E-state index contributed by atoms with van der Waals surface area (Å²) in [6.45, 7) is 3.08. The van der Waals surface area contributed by atoms with Gasteiger partial charge >= 0.3 is 0 Å². The Bertz CT molecular complexity index is 186. The molecule has 0 aromatic rings. The number of hydrogen-bond acceptors (Lipinski definition) is 3. The van der Waals surface area contributed by atoms with E-state index >= 15 is 0 Å². The topological polar surface area (TPSA) is 21.7 Å². The van der Waals surface area contributed by atoms with E-state index < -0.39 is 0 Å². The van der Waals surface area contributed by atoms with Crippen molar-refractivity contribution in [1.29, 1.82) is 0 Å². The van der Waals surface area contributed by atoms with E-state index in [1.807, 2.05) is 0 Å². The summed E-state index contributed by atoms with van der Waals surface area (Å²) in [6.07, 6.45) is 9.86. The van der Waals surface area contributed by atoms with Crippen LogP contribution in [0, 0.1) is 0 Å². The third kappa shape index (κ3) is 3.44. The van der Waals surface area contributed by atoms with Gasteiger partial charge in [0.15, 0.2) is 0 Å². The summed E-state index contributed by atoms with van der Waals surface area (Å²) in [5.74, 6) is 0. The highest BCUT2D eigenvalue weighted by Crippen LogP contribution is 2.23. The highest BCUT2D eigenvalue weighted by atomic mass is 16.5. The Hall–Kier alpha value is -0.120. The van der Waals surface area contributed by atoms with E-state index in [1.165, 1.54) is 58.0 Å². The largest absolute Gasteiger partial charge is 0.381 e. The number of methoxy groups -OCH3 is 1. The molecular weight excluding hydrogens is 202 g/mol. The third-order valence-corrected chi connectivity index (χ3v) is 3.76. The van der Waals surface area contributed by atoms with Gasteiger partial charge in [-0.3, -0.25) is 4.90 Å². The number of hydrogen-bond donors (Lipinski definition) is 0. The number of nitrogens with zero attached hydrogens (tertiary/aromatic N) is 1. The number of rotatable bonds is 5. The van der Waals surface area contributed by atoms with Crippen molar-refractivity contribution in [3.8, 4) is 0 Å². The van der Waals surface area contributed by atoms with E-state index in [0.717, 1.165) is 6.61 Å². The summed E-state index contributed by atoms with van der Waals surface area (Å²) in [7, 11) is 1.77. The molecule has 0 N–H and O–H groups in total. The summed E-state index contributed by atoms with van der Waals surface area (Å²) in [6, 6.07) is 0. The van der Waals surface area contributed by atoms with Crippen LogP contribution in [0.5, 0.6) is 0 Å². The zero-order chi connectivity index (χ0) is 11.2. The van der Waals surface area contributed by atoms with Crippen molar-refractivity contribution in [3.05, 3.63) is 0 Å². The van der Waals surface area contributed by atoms with Crippen molar-refractivity contribution in [2.75, 3.05) is 26.8 Å². The second-order valence-corrected chi connectivity index (χ2v) is 5.05. The Morgan fingerprint density at radius 1 is 1.06 bits per heavy atom. The van der Waals surface area contributed by atoms with E-state index in [9.17, 15) is 0 Å². The normalized spacial score (nSPS) is 26.1. The maximum absolute atomic E-state index is 6.22. The Labute approximate surface area is 99.1 Å². The van der Waals surface area contributed by atoms with E-state index in [2.05, 4.69) is 4.90 Å². The van der Waals surface area contributed by atoms with Crippen molar-refractivity contribution in [3.63, 3.8) is 0 Å². The molecular formula is C13H25NO2. The highest BCUT2D eigenvalue weighted by Gasteiger charge is 2.26. The highest BCUT2D eigenvalue weighted by molar-refractivity contribution is 4.73. The van der Waals surface area contributed by atoms with Gasteiger partial charge in [0.1, 0.15) is 6.23 Å². The maximum atomic E-state index is 6.22. The van der Waals surface area contributed by atoms with E-state index in [-0.39, 0.29) is 6.23 Å². The summed E-state index contributed by atoms with van der Waals surface area (Å²) >= 11 is 0. The SMILES string of the molecule is COCC(OC1CCCCC1)N1CCCC1. The molecule has 1 aliphatic carbocycles. The molecule has 0 amide bonds. The van der Waals surface area contributed by atoms with Crippen molar-refractivity contribution in [1.82, 2.24) is 4.90 Å². The molecule has 3 nitrogen and oxygen atoms in total.